The summed E-state index contributed by atoms with van der Waals surface area (Å²) in [7, 11) is 0. The number of rotatable bonds is 4. The molecule has 4 nitrogen and oxygen atoms in total. The lowest BCUT2D eigenvalue weighted by Gasteiger charge is -2.09. The molecule has 3 rings (SSSR count). The number of H-pyrrole nitrogens is 1. The van der Waals surface area contributed by atoms with Gasteiger partial charge < -0.3 is 10.3 Å². The smallest absolute Gasteiger partial charge is 0.261 e. The third-order valence-electron chi connectivity index (χ3n) is 3.97. The van der Waals surface area contributed by atoms with Crippen LogP contribution in [0.1, 0.15) is 34.1 Å². The molecule has 0 unspecified atom stereocenters. The molecule has 0 saturated carbocycles. The van der Waals surface area contributed by atoms with Crippen LogP contribution in [0.25, 0.3) is 11.3 Å². The van der Waals surface area contributed by atoms with Gasteiger partial charge in [-0.3, -0.25) is 9.59 Å². The molecule has 0 fully saturated rings. The summed E-state index contributed by atoms with van der Waals surface area (Å²) in [5.41, 5.74) is 3.01. The molecule has 5 heteroatoms. The summed E-state index contributed by atoms with van der Waals surface area (Å²) in [5.74, 6) is -0.379. The van der Waals surface area contributed by atoms with Gasteiger partial charge in [-0.1, -0.05) is 6.08 Å². The van der Waals surface area contributed by atoms with Crippen molar-refractivity contribution in [1.29, 1.82) is 0 Å². The standard InChI is InChI=1S/C17H18N2O2S/c1-3-10(2)18-16(20)12-7-8-14(19-17(12)21)13-9-22-15-6-4-5-11(13)15/h3,7-10H,1,4-6H2,2H3,(H,18,20)(H,19,21)/t10-/m0/s1. The Labute approximate surface area is 132 Å². The number of thiophene rings is 1. The molecule has 0 bridgehead atoms. The van der Waals surface area contributed by atoms with E-state index < -0.39 is 0 Å². The second-order valence-corrected chi connectivity index (χ2v) is 6.48. The van der Waals surface area contributed by atoms with E-state index in [1.807, 2.05) is 13.0 Å². The molecule has 0 radical (unpaired) electrons. The van der Waals surface area contributed by atoms with Gasteiger partial charge >= 0.3 is 0 Å². The monoisotopic (exact) mass is 314 g/mol. The van der Waals surface area contributed by atoms with Gasteiger partial charge in [-0.25, -0.2) is 0 Å². The summed E-state index contributed by atoms with van der Waals surface area (Å²) in [6, 6.07) is 3.24. The largest absolute Gasteiger partial charge is 0.346 e. The molecule has 1 aliphatic carbocycles. The van der Waals surface area contributed by atoms with Crippen LogP contribution in [0.4, 0.5) is 0 Å². The number of amides is 1. The fraction of sp³-hybridized carbons (Fsp3) is 0.294. The van der Waals surface area contributed by atoms with Crippen LogP contribution >= 0.6 is 11.3 Å². The summed E-state index contributed by atoms with van der Waals surface area (Å²) < 4.78 is 0. The second kappa shape index (κ2) is 5.93. The Hall–Kier alpha value is -2.14. The maximum absolute atomic E-state index is 12.2. The van der Waals surface area contributed by atoms with Gasteiger partial charge in [-0.05, 0) is 43.9 Å². The van der Waals surface area contributed by atoms with E-state index in [1.54, 1.807) is 23.5 Å². The minimum Gasteiger partial charge on any atom is -0.346 e. The molecule has 2 N–H and O–H groups in total. The van der Waals surface area contributed by atoms with E-state index in [0.29, 0.717) is 0 Å². The highest BCUT2D eigenvalue weighted by atomic mass is 32.1. The summed E-state index contributed by atoms with van der Waals surface area (Å²) in [6.07, 6.45) is 4.99. The lowest BCUT2D eigenvalue weighted by molar-refractivity contribution is 0.0945. The van der Waals surface area contributed by atoms with Crippen LogP contribution in [0.15, 0.2) is 35.0 Å². The van der Waals surface area contributed by atoms with Crippen molar-refractivity contribution in [2.24, 2.45) is 0 Å². The zero-order valence-electron chi connectivity index (χ0n) is 12.4. The minimum atomic E-state index is -0.379. The Morgan fingerprint density at radius 3 is 3.00 bits per heavy atom. The molecule has 2 heterocycles. The van der Waals surface area contributed by atoms with Crippen molar-refractivity contribution < 1.29 is 4.79 Å². The number of aromatic nitrogens is 1. The van der Waals surface area contributed by atoms with Gasteiger partial charge in [0, 0.05) is 27.6 Å². The van der Waals surface area contributed by atoms with Gasteiger partial charge in [-0.2, -0.15) is 0 Å². The van der Waals surface area contributed by atoms with Crippen molar-refractivity contribution in [2.75, 3.05) is 0 Å². The Balaban J connectivity index is 1.91. The quantitative estimate of drug-likeness (QED) is 0.852. The Morgan fingerprint density at radius 2 is 2.27 bits per heavy atom. The van der Waals surface area contributed by atoms with Crippen LogP contribution in [0.5, 0.6) is 0 Å². The van der Waals surface area contributed by atoms with E-state index in [4.69, 9.17) is 0 Å². The molecular formula is C17H18N2O2S. The third-order valence-corrected chi connectivity index (χ3v) is 5.06. The van der Waals surface area contributed by atoms with Crippen molar-refractivity contribution in [3.8, 4) is 11.3 Å². The molecule has 114 valence electrons. The summed E-state index contributed by atoms with van der Waals surface area (Å²) in [4.78, 5) is 28.5. The predicted octanol–water partition coefficient (Wildman–Crippen LogP) is 2.90. The molecule has 2 aromatic heterocycles. The Morgan fingerprint density at radius 1 is 1.45 bits per heavy atom. The highest BCUT2D eigenvalue weighted by molar-refractivity contribution is 7.10. The molecule has 1 aliphatic rings. The second-order valence-electron chi connectivity index (χ2n) is 5.52. The summed E-state index contributed by atoms with van der Waals surface area (Å²) >= 11 is 1.75. The molecule has 2 aromatic rings. The van der Waals surface area contributed by atoms with E-state index in [9.17, 15) is 9.59 Å². The maximum Gasteiger partial charge on any atom is 0.261 e. The topological polar surface area (TPSA) is 62.0 Å². The average molecular weight is 314 g/mol. The molecule has 0 aromatic carbocycles. The van der Waals surface area contributed by atoms with Gasteiger partial charge in [0.1, 0.15) is 5.56 Å². The molecule has 0 aliphatic heterocycles. The van der Waals surface area contributed by atoms with Gasteiger partial charge in [0.25, 0.3) is 11.5 Å². The molecule has 0 saturated heterocycles. The van der Waals surface area contributed by atoms with Crippen LogP contribution < -0.4 is 10.9 Å². The number of aryl methyl sites for hydroxylation is 1. The number of fused-ring (bicyclic) bond motifs is 1. The van der Waals surface area contributed by atoms with Crippen molar-refractivity contribution in [3.05, 3.63) is 56.5 Å². The van der Waals surface area contributed by atoms with E-state index in [2.05, 4.69) is 22.3 Å². The van der Waals surface area contributed by atoms with Crippen LogP contribution in [0.3, 0.4) is 0 Å². The molecule has 1 amide bonds. The number of carbonyl (C=O) groups is 1. The van der Waals surface area contributed by atoms with Crippen LogP contribution in [0.2, 0.25) is 0 Å². The number of aromatic amines is 1. The average Bonchev–Trinajstić information content (AvgIpc) is 3.09. The number of nitrogens with one attached hydrogen (secondary N) is 2. The van der Waals surface area contributed by atoms with Crippen LogP contribution in [-0.4, -0.2) is 16.9 Å². The lowest BCUT2D eigenvalue weighted by Crippen LogP contribution is -2.34. The SMILES string of the molecule is C=C[C@H](C)NC(=O)c1ccc(-c2csc3c2CCC3)[nH]c1=O. The van der Waals surface area contributed by atoms with Crippen molar-refractivity contribution in [1.82, 2.24) is 10.3 Å². The summed E-state index contributed by atoms with van der Waals surface area (Å²) in [5, 5.41) is 4.80. The highest BCUT2D eigenvalue weighted by Gasteiger charge is 2.19. The zero-order chi connectivity index (χ0) is 15.7. The normalized spacial score (nSPS) is 14.4. The minimum absolute atomic E-state index is 0.129. The van der Waals surface area contributed by atoms with E-state index >= 15 is 0 Å². The predicted molar refractivity (Wildman–Crippen MR) is 89.5 cm³/mol. The fourth-order valence-electron chi connectivity index (χ4n) is 2.71. The van der Waals surface area contributed by atoms with E-state index in [0.717, 1.165) is 24.1 Å². The number of hydrogen-bond acceptors (Lipinski definition) is 3. The van der Waals surface area contributed by atoms with E-state index in [-0.39, 0.29) is 23.1 Å². The summed E-state index contributed by atoms with van der Waals surface area (Å²) in [6.45, 7) is 5.42. The number of hydrogen-bond donors (Lipinski definition) is 2. The van der Waals surface area contributed by atoms with Crippen molar-refractivity contribution in [3.63, 3.8) is 0 Å². The highest BCUT2D eigenvalue weighted by Crippen LogP contribution is 2.36. The first-order valence-electron chi connectivity index (χ1n) is 7.36. The van der Waals surface area contributed by atoms with Gasteiger partial charge in [0.05, 0.1) is 0 Å². The molecule has 0 spiro atoms. The number of carbonyl (C=O) groups excluding carboxylic acids is 1. The molecular weight excluding hydrogens is 296 g/mol. The van der Waals surface area contributed by atoms with Crippen molar-refractivity contribution >= 4 is 17.2 Å². The molecule has 22 heavy (non-hydrogen) atoms. The Kier molecular flexibility index (Phi) is 3.98. The molecule has 1 atom stereocenters. The zero-order valence-corrected chi connectivity index (χ0v) is 13.3. The number of pyridine rings is 1. The first kappa shape index (κ1) is 14.8. The van der Waals surface area contributed by atoms with Crippen LogP contribution in [-0.2, 0) is 12.8 Å². The van der Waals surface area contributed by atoms with E-state index in [1.165, 1.54) is 16.9 Å². The fourth-order valence-corrected chi connectivity index (χ4v) is 3.86. The van der Waals surface area contributed by atoms with Gasteiger partial charge in [0.2, 0.25) is 0 Å². The van der Waals surface area contributed by atoms with Crippen LogP contribution in [0, 0.1) is 0 Å². The lowest BCUT2D eigenvalue weighted by atomic mass is 10.1. The van der Waals surface area contributed by atoms with Gasteiger partial charge in [0.15, 0.2) is 0 Å². The third kappa shape index (κ3) is 2.64. The van der Waals surface area contributed by atoms with Gasteiger partial charge in [-0.15, -0.1) is 17.9 Å². The van der Waals surface area contributed by atoms with Crippen molar-refractivity contribution in [2.45, 2.75) is 32.2 Å². The first-order chi connectivity index (χ1) is 10.6. The first-order valence-corrected chi connectivity index (χ1v) is 8.24. The maximum atomic E-state index is 12.2. The Bertz CT molecular complexity index is 788.